The van der Waals surface area contributed by atoms with Gasteiger partial charge >= 0.3 is 0 Å². The molecule has 1 amide bonds. The third kappa shape index (κ3) is 4.08. The smallest absolute Gasteiger partial charge is 0.257 e. The van der Waals surface area contributed by atoms with E-state index in [2.05, 4.69) is 17.4 Å². The van der Waals surface area contributed by atoms with Crippen molar-refractivity contribution < 1.29 is 9.18 Å². The topological polar surface area (TPSA) is 85.8 Å². The van der Waals surface area contributed by atoms with E-state index in [1.54, 1.807) is 16.7 Å². The van der Waals surface area contributed by atoms with Crippen molar-refractivity contribution in [3.63, 3.8) is 0 Å². The van der Waals surface area contributed by atoms with E-state index in [-0.39, 0.29) is 29.1 Å². The monoisotopic (exact) mass is 453 g/mol. The van der Waals surface area contributed by atoms with Crippen LogP contribution in [0.5, 0.6) is 0 Å². The van der Waals surface area contributed by atoms with Crippen LogP contribution in [-0.2, 0) is 6.42 Å². The number of hydrogen-bond acceptors (Lipinski definition) is 4. The van der Waals surface area contributed by atoms with Crippen LogP contribution in [-0.4, -0.2) is 26.5 Å². The Bertz CT molecular complexity index is 1480. The quantitative estimate of drug-likeness (QED) is 0.377. The Morgan fingerprint density at radius 1 is 0.971 bits per heavy atom. The maximum atomic E-state index is 13.6. The number of aryl methyl sites for hydroxylation is 1. The highest BCUT2D eigenvalue weighted by atomic mass is 19.1. The van der Waals surface area contributed by atoms with Gasteiger partial charge in [-0.25, -0.2) is 14.4 Å². The second-order valence-corrected chi connectivity index (χ2v) is 8.36. The number of amides is 1. The lowest BCUT2D eigenvalue weighted by Crippen LogP contribution is -2.33. The lowest BCUT2D eigenvalue weighted by atomic mass is 10.1. The van der Waals surface area contributed by atoms with E-state index in [4.69, 9.17) is 15.7 Å². The third-order valence-electron chi connectivity index (χ3n) is 5.90. The van der Waals surface area contributed by atoms with E-state index in [0.717, 1.165) is 12.8 Å². The zero-order valence-electron chi connectivity index (χ0n) is 18.7. The molecule has 2 aromatic heterocycles. The Labute approximate surface area is 196 Å². The number of nitrogens with two attached hydrogens (primary N) is 1. The predicted molar refractivity (Wildman–Crippen MR) is 132 cm³/mol. The SMILES string of the molecule is CC(CCc1ccccc1)NC(=O)c1c(N)n(-c2ccc(F)cc2)c2nc3ccccc3nc12. The average Bonchev–Trinajstić information content (AvgIpc) is 3.13. The van der Waals surface area contributed by atoms with Crippen molar-refractivity contribution in [2.45, 2.75) is 25.8 Å². The van der Waals surface area contributed by atoms with Gasteiger partial charge < -0.3 is 11.1 Å². The number of nitrogen functional groups attached to an aromatic ring is 1. The number of aromatic nitrogens is 3. The van der Waals surface area contributed by atoms with E-state index in [1.165, 1.54) is 17.7 Å². The van der Waals surface area contributed by atoms with Crippen molar-refractivity contribution in [2.75, 3.05) is 5.73 Å². The fourth-order valence-corrected chi connectivity index (χ4v) is 4.13. The number of anilines is 1. The van der Waals surface area contributed by atoms with E-state index in [9.17, 15) is 9.18 Å². The van der Waals surface area contributed by atoms with Crippen LogP contribution in [0.3, 0.4) is 0 Å². The molecule has 0 spiro atoms. The van der Waals surface area contributed by atoms with Crippen molar-refractivity contribution in [2.24, 2.45) is 0 Å². The molecule has 0 bridgehead atoms. The molecule has 0 saturated heterocycles. The van der Waals surface area contributed by atoms with E-state index < -0.39 is 0 Å². The van der Waals surface area contributed by atoms with Gasteiger partial charge in [-0.3, -0.25) is 9.36 Å². The molecule has 34 heavy (non-hydrogen) atoms. The summed E-state index contributed by atoms with van der Waals surface area (Å²) in [7, 11) is 0. The van der Waals surface area contributed by atoms with Crippen LogP contribution in [0.2, 0.25) is 0 Å². The number of halogens is 1. The first-order valence-corrected chi connectivity index (χ1v) is 11.2. The van der Waals surface area contributed by atoms with Crippen LogP contribution < -0.4 is 11.1 Å². The van der Waals surface area contributed by atoms with Crippen LogP contribution in [0.25, 0.3) is 27.9 Å². The van der Waals surface area contributed by atoms with Gasteiger partial charge in [-0.1, -0.05) is 42.5 Å². The summed E-state index contributed by atoms with van der Waals surface area (Å²) in [6, 6.07) is 23.4. The molecule has 3 aromatic carbocycles. The summed E-state index contributed by atoms with van der Waals surface area (Å²) in [6.07, 6.45) is 1.63. The van der Waals surface area contributed by atoms with E-state index >= 15 is 0 Å². The van der Waals surface area contributed by atoms with Gasteiger partial charge in [0.1, 0.15) is 22.7 Å². The molecule has 0 radical (unpaired) electrons. The highest BCUT2D eigenvalue weighted by Gasteiger charge is 2.25. The normalized spacial score (nSPS) is 12.2. The predicted octanol–water partition coefficient (Wildman–Crippen LogP) is 5.05. The van der Waals surface area contributed by atoms with Crippen LogP contribution in [0, 0.1) is 5.82 Å². The van der Waals surface area contributed by atoms with Crippen molar-refractivity contribution in [1.82, 2.24) is 19.9 Å². The Morgan fingerprint density at radius 3 is 2.32 bits per heavy atom. The first-order valence-electron chi connectivity index (χ1n) is 11.2. The first-order chi connectivity index (χ1) is 16.5. The van der Waals surface area contributed by atoms with Gasteiger partial charge in [0.25, 0.3) is 5.91 Å². The summed E-state index contributed by atoms with van der Waals surface area (Å²) >= 11 is 0. The lowest BCUT2D eigenvalue weighted by Gasteiger charge is -2.14. The van der Waals surface area contributed by atoms with Gasteiger partial charge in [-0.05, 0) is 61.7 Å². The summed E-state index contributed by atoms with van der Waals surface area (Å²) in [4.78, 5) is 22.9. The first kappa shape index (κ1) is 21.6. The molecule has 5 rings (SSSR count). The largest absolute Gasteiger partial charge is 0.384 e. The number of hydrogen-bond donors (Lipinski definition) is 2. The Morgan fingerprint density at radius 2 is 1.62 bits per heavy atom. The maximum Gasteiger partial charge on any atom is 0.257 e. The van der Waals surface area contributed by atoms with Crippen molar-refractivity contribution in [3.05, 3.63) is 95.8 Å². The highest BCUT2D eigenvalue weighted by Crippen LogP contribution is 2.31. The number of carbonyl (C=O) groups excluding carboxylic acids is 1. The van der Waals surface area contributed by atoms with Gasteiger partial charge in [0.2, 0.25) is 0 Å². The maximum absolute atomic E-state index is 13.6. The number of para-hydroxylation sites is 2. The molecular formula is C27H24FN5O. The summed E-state index contributed by atoms with van der Waals surface area (Å²) in [5, 5.41) is 3.06. The van der Waals surface area contributed by atoms with Crippen LogP contribution in [0.4, 0.5) is 10.2 Å². The van der Waals surface area contributed by atoms with Crippen LogP contribution in [0.1, 0.15) is 29.3 Å². The Balaban J connectivity index is 1.54. The molecule has 6 nitrogen and oxygen atoms in total. The minimum Gasteiger partial charge on any atom is -0.384 e. The molecule has 5 aromatic rings. The molecule has 0 saturated carbocycles. The summed E-state index contributed by atoms with van der Waals surface area (Å²) in [6.45, 7) is 1.97. The second kappa shape index (κ2) is 8.94. The lowest BCUT2D eigenvalue weighted by molar-refractivity contribution is 0.0941. The zero-order chi connectivity index (χ0) is 23.7. The van der Waals surface area contributed by atoms with Gasteiger partial charge in [-0.2, -0.15) is 0 Å². The van der Waals surface area contributed by atoms with Crippen molar-refractivity contribution in [1.29, 1.82) is 0 Å². The highest BCUT2D eigenvalue weighted by molar-refractivity contribution is 6.11. The summed E-state index contributed by atoms with van der Waals surface area (Å²) in [5.74, 6) is -0.460. The third-order valence-corrected chi connectivity index (χ3v) is 5.90. The second-order valence-electron chi connectivity index (χ2n) is 8.36. The molecule has 170 valence electrons. The molecular weight excluding hydrogens is 429 g/mol. The molecule has 2 heterocycles. The fraction of sp³-hybridized carbons (Fsp3) is 0.148. The minimum atomic E-state index is -0.361. The molecule has 0 aliphatic rings. The van der Waals surface area contributed by atoms with Gasteiger partial charge in [0.15, 0.2) is 5.65 Å². The standard InChI is InChI=1S/C27H24FN5O/c1-17(11-12-18-7-3-2-4-8-18)30-27(34)23-24-26(32-22-10-6-5-9-21(22)31-24)33(25(23)29)20-15-13-19(28)14-16-20/h2-10,13-17H,11-12,29H2,1H3,(H,30,34). The number of nitrogens with one attached hydrogen (secondary N) is 1. The summed E-state index contributed by atoms with van der Waals surface area (Å²) < 4.78 is 15.2. The molecule has 0 aliphatic carbocycles. The van der Waals surface area contributed by atoms with E-state index in [0.29, 0.717) is 27.9 Å². The number of carbonyl (C=O) groups is 1. The van der Waals surface area contributed by atoms with Crippen molar-refractivity contribution in [3.8, 4) is 5.69 Å². The zero-order valence-corrected chi connectivity index (χ0v) is 18.7. The molecule has 0 fully saturated rings. The Hall–Kier alpha value is -4.26. The number of rotatable bonds is 6. The van der Waals surface area contributed by atoms with E-state index in [1.807, 2.05) is 49.4 Å². The van der Waals surface area contributed by atoms with Gasteiger partial charge in [0, 0.05) is 11.7 Å². The van der Waals surface area contributed by atoms with Gasteiger partial charge in [-0.15, -0.1) is 0 Å². The molecule has 1 unspecified atom stereocenters. The number of nitrogens with zero attached hydrogens (tertiary/aromatic N) is 3. The molecule has 7 heteroatoms. The molecule has 1 atom stereocenters. The minimum absolute atomic E-state index is 0.0789. The molecule has 3 N–H and O–H groups in total. The summed E-state index contributed by atoms with van der Waals surface area (Å²) in [5.41, 5.74) is 10.8. The number of fused-ring (bicyclic) bond motifs is 2. The average molecular weight is 454 g/mol. The van der Waals surface area contributed by atoms with Gasteiger partial charge in [0.05, 0.1) is 11.0 Å². The van der Waals surface area contributed by atoms with Crippen molar-refractivity contribution >= 4 is 33.9 Å². The van der Waals surface area contributed by atoms with Crippen LogP contribution >= 0.6 is 0 Å². The Kier molecular flexibility index (Phi) is 5.67. The molecule has 0 aliphatic heterocycles. The van der Waals surface area contributed by atoms with Crippen LogP contribution in [0.15, 0.2) is 78.9 Å². The fourth-order valence-electron chi connectivity index (χ4n) is 4.13. The number of benzene rings is 3.